The van der Waals surface area contributed by atoms with E-state index in [9.17, 15) is 0 Å². The molecule has 0 saturated heterocycles. The third-order valence-electron chi connectivity index (χ3n) is 3.48. The molecule has 3 nitrogen and oxygen atoms in total. The summed E-state index contributed by atoms with van der Waals surface area (Å²) >= 11 is 0. The van der Waals surface area contributed by atoms with E-state index in [1.807, 2.05) is 17.6 Å². The van der Waals surface area contributed by atoms with Gasteiger partial charge in [-0.05, 0) is 31.9 Å². The molecule has 1 aliphatic carbocycles. The van der Waals surface area contributed by atoms with E-state index < -0.39 is 0 Å². The van der Waals surface area contributed by atoms with Crippen LogP contribution in [0, 0.1) is 6.92 Å². The highest BCUT2D eigenvalue weighted by atomic mass is 15.2. The Morgan fingerprint density at radius 1 is 1.19 bits per heavy atom. The first-order valence-electron chi connectivity index (χ1n) is 6.16. The van der Waals surface area contributed by atoms with Crippen molar-refractivity contribution >= 4 is 5.65 Å². The summed E-state index contributed by atoms with van der Waals surface area (Å²) in [7, 11) is 0. The molecule has 0 unspecified atom stereocenters. The highest BCUT2D eigenvalue weighted by molar-refractivity contribution is 5.38. The number of hydrogen-bond donors (Lipinski definition) is 0. The lowest BCUT2D eigenvalue weighted by atomic mass is 9.87. The van der Waals surface area contributed by atoms with Gasteiger partial charge in [0.25, 0.3) is 0 Å². The average molecular weight is 215 g/mol. The first-order chi connectivity index (χ1) is 7.83. The fourth-order valence-electron chi connectivity index (χ4n) is 2.63. The summed E-state index contributed by atoms with van der Waals surface area (Å²) in [6, 6.07) is 4.24. The number of nitrogens with zero attached hydrogens (tertiary/aromatic N) is 3. The van der Waals surface area contributed by atoms with E-state index in [1.54, 1.807) is 0 Å². The zero-order valence-corrected chi connectivity index (χ0v) is 9.69. The zero-order chi connectivity index (χ0) is 11.0. The van der Waals surface area contributed by atoms with Gasteiger partial charge in [0.1, 0.15) is 0 Å². The van der Waals surface area contributed by atoms with Crippen LogP contribution in [-0.2, 0) is 0 Å². The molecule has 0 bridgehead atoms. The Hall–Kier alpha value is -1.38. The number of rotatable bonds is 1. The van der Waals surface area contributed by atoms with Crippen LogP contribution in [0.15, 0.2) is 18.3 Å². The van der Waals surface area contributed by atoms with Crippen LogP contribution in [0.1, 0.15) is 49.4 Å². The molecule has 2 heterocycles. The number of fused-ring (bicyclic) bond motifs is 1. The van der Waals surface area contributed by atoms with E-state index in [-0.39, 0.29) is 0 Å². The van der Waals surface area contributed by atoms with Crippen LogP contribution in [0.25, 0.3) is 5.65 Å². The van der Waals surface area contributed by atoms with E-state index in [4.69, 9.17) is 0 Å². The van der Waals surface area contributed by atoms with Gasteiger partial charge < -0.3 is 0 Å². The second-order valence-electron chi connectivity index (χ2n) is 4.78. The van der Waals surface area contributed by atoms with Gasteiger partial charge in [-0.3, -0.25) is 0 Å². The minimum Gasteiger partial charge on any atom is -0.232 e. The standard InChI is InChI=1S/C13H17N3/c1-10-9-16-13(14-10)8-7-12(15-16)11-5-3-2-4-6-11/h7-9,11H,2-6H2,1H3. The summed E-state index contributed by atoms with van der Waals surface area (Å²) in [4.78, 5) is 4.40. The zero-order valence-electron chi connectivity index (χ0n) is 9.69. The molecule has 0 spiro atoms. The van der Waals surface area contributed by atoms with Crippen molar-refractivity contribution < 1.29 is 0 Å². The quantitative estimate of drug-likeness (QED) is 0.731. The minimum atomic E-state index is 0.667. The van der Waals surface area contributed by atoms with Gasteiger partial charge in [0, 0.05) is 5.92 Å². The molecule has 1 fully saturated rings. The molecule has 0 amide bonds. The van der Waals surface area contributed by atoms with Crippen LogP contribution in [0.2, 0.25) is 0 Å². The second-order valence-corrected chi connectivity index (χ2v) is 4.78. The van der Waals surface area contributed by atoms with Gasteiger partial charge in [-0.15, -0.1) is 0 Å². The number of aromatic nitrogens is 3. The van der Waals surface area contributed by atoms with Gasteiger partial charge in [0.05, 0.1) is 17.6 Å². The van der Waals surface area contributed by atoms with E-state index in [1.165, 1.54) is 37.8 Å². The monoisotopic (exact) mass is 215 g/mol. The third kappa shape index (κ3) is 1.70. The molecule has 84 valence electrons. The van der Waals surface area contributed by atoms with E-state index in [0.29, 0.717) is 5.92 Å². The molecule has 1 aliphatic rings. The largest absolute Gasteiger partial charge is 0.232 e. The van der Waals surface area contributed by atoms with Crippen molar-refractivity contribution in [1.29, 1.82) is 0 Å². The lowest BCUT2D eigenvalue weighted by Gasteiger charge is -2.20. The van der Waals surface area contributed by atoms with Crippen molar-refractivity contribution in [3.8, 4) is 0 Å². The van der Waals surface area contributed by atoms with Crippen LogP contribution in [0.3, 0.4) is 0 Å². The Balaban J connectivity index is 1.97. The Labute approximate surface area is 95.5 Å². The molecule has 2 aromatic heterocycles. The van der Waals surface area contributed by atoms with Crippen molar-refractivity contribution in [3.05, 3.63) is 29.7 Å². The minimum absolute atomic E-state index is 0.667. The van der Waals surface area contributed by atoms with Crippen LogP contribution < -0.4 is 0 Å². The molecule has 0 aromatic carbocycles. The molecule has 16 heavy (non-hydrogen) atoms. The summed E-state index contributed by atoms with van der Waals surface area (Å²) in [5.74, 6) is 0.667. The fraction of sp³-hybridized carbons (Fsp3) is 0.538. The van der Waals surface area contributed by atoms with Gasteiger partial charge in [0.15, 0.2) is 5.65 Å². The van der Waals surface area contributed by atoms with Gasteiger partial charge in [-0.25, -0.2) is 9.50 Å². The highest BCUT2D eigenvalue weighted by Gasteiger charge is 2.17. The molecule has 1 saturated carbocycles. The Morgan fingerprint density at radius 3 is 2.81 bits per heavy atom. The summed E-state index contributed by atoms with van der Waals surface area (Å²) < 4.78 is 1.92. The lowest BCUT2D eigenvalue weighted by Crippen LogP contribution is -2.08. The van der Waals surface area contributed by atoms with Gasteiger partial charge >= 0.3 is 0 Å². The smallest absolute Gasteiger partial charge is 0.153 e. The van der Waals surface area contributed by atoms with Crippen molar-refractivity contribution in [1.82, 2.24) is 14.6 Å². The number of imidazole rings is 1. The molecule has 3 rings (SSSR count). The summed E-state index contributed by atoms with van der Waals surface area (Å²) in [6.45, 7) is 2.01. The van der Waals surface area contributed by atoms with E-state index in [2.05, 4.69) is 22.2 Å². The summed E-state index contributed by atoms with van der Waals surface area (Å²) in [5, 5.41) is 4.67. The SMILES string of the molecule is Cc1cn2nc(C3CCCCC3)ccc2n1. The van der Waals surface area contributed by atoms with Gasteiger partial charge in [0.2, 0.25) is 0 Å². The van der Waals surface area contributed by atoms with Crippen molar-refractivity contribution in [3.63, 3.8) is 0 Å². The topological polar surface area (TPSA) is 30.2 Å². The van der Waals surface area contributed by atoms with Crippen LogP contribution >= 0.6 is 0 Å². The first kappa shape index (κ1) is 9.82. The van der Waals surface area contributed by atoms with Crippen LogP contribution in [0.5, 0.6) is 0 Å². The first-order valence-corrected chi connectivity index (χ1v) is 6.16. The van der Waals surface area contributed by atoms with Gasteiger partial charge in [-0.1, -0.05) is 19.3 Å². The Bertz CT molecular complexity index is 495. The van der Waals surface area contributed by atoms with Crippen molar-refractivity contribution in [2.75, 3.05) is 0 Å². The molecular weight excluding hydrogens is 198 g/mol. The Kier molecular flexibility index (Phi) is 2.39. The van der Waals surface area contributed by atoms with Gasteiger partial charge in [-0.2, -0.15) is 5.10 Å². The molecule has 0 aliphatic heterocycles. The maximum Gasteiger partial charge on any atom is 0.153 e. The average Bonchev–Trinajstić information content (AvgIpc) is 2.69. The molecular formula is C13H17N3. The third-order valence-corrected chi connectivity index (χ3v) is 3.48. The normalized spacial score (nSPS) is 18.1. The van der Waals surface area contributed by atoms with E-state index in [0.717, 1.165) is 11.3 Å². The lowest BCUT2D eigenvalue weighted by molar-refractivity contribution is 0.433. The van der Waals surface area contributed by atoms with E-state index >= 15 is 0 Å². The van der Waals surface area contributed by atoms with Crippen LogP contribution in [-0.4, -0.2) is 14.6 Å². The van der Waals surface area contributed by atoms with Crippen molar-refractivity contribution in [2.45, 2.75) is 44.9 Å². The predicted molar refractivity (Wildman–Crippen MR) is 63.6 cm³/mol. The number of aryl methyl sites for hydroxylation is 1. The van der Waals surface area contributed by atoms with Crippen molar-refractivity contribution in [2.24, 2.45) is 0 Å². The summed E-state index contributed by atoms with van der Waals surface area (Å²) in [6.07, 6.45) is 8.70. The maximum absolute atomic E-state index is 4.67. The molecule has 2 aromatic rings. The molecule has 0 N–H and O–H groups in total. The highest BCUT2D eigenvalue weighted by Crippen LogP contribution is 2.31. The fourth-order valence-corrected chi connectivity index (χ4v) is 2.63. The number of hydrogen-bond acceptors (Lipinski definition) is 2. The predicted octanol–water partition coefficient (Wildman–Crippen LogP) is 3.09. The molecule has 0 radical (unpaired) electrons. The maximum atomic E-state index is 4.67. The van der Waals surface area contributed by atoms with Crippen LogP contribution in [0.4, 0.5) is 0 Å². The molecule has 0 atom stereocenters. The Morgan fingerprint density at radius 2 is 2.00 bits per heavy atom. The second kappa shape index (κ2) is 3.89. The summed E-state index contributed by atoms with van der Waals surface area (Å²) in [5.41, 5.74) is 3.23. The molecule has 3 heteroatoms.